The van der Waals surface area contributed by atoms with Crippen molar-refractivity contribution in [2.75, 3.05) is 18.4 Å². The fourth-order valence-electron chi connectivity index (χ4n) is 2.01. The minimum atomic E-state index is 0.326. The highest BCUT2D eigenvalue weighted by molar-refractivity contribution is 9.11. The van der Waals surface area contributed by atoms with Gasteiger partial charge in [-0.3, -0.25) is 4.90 Å². The van der Waals surface area contributed by atoms with E-state index >= 15 is 0 Å². The molecule has 2 heterocycles. The Morgan fingerprint density at radius 1 is 1.50 bits per heavy atom. The first-order valence-corrected chi connectivity index (χ1v) is 8.08. The molecular weight excluding hydrogens is 354 g/mol. The highest BCUT2D eigenvalue weighted by atomic mass is 79.9. The topological polar surface area (TPSA) is 12.5 Å². The molecule has 1 aliphatic rings. The summed E-state index contributed by atoms with van der Waals surface area (Å²) in [6.07, 6.45) is 0.659. The second-order valence-corrected chi connectivity index (χ2v) is 7.32. The molecule has 1 aromatic heterocycles. The van der Waals surface area contributed by atoms with E-state index in [4.69, 9.17) is 4.74 Å². The highest BCUT2D eigenvalue weighted by Crippen LogP contribution is 2.24. The van der Waals surface area contributed by atoms with Crippen LogP contribution < -0.4 is 0 Å². The third-order valence-corrected chi connectivity index (χ3v) is 4.91. The highest BCUT2D eigenvalue weighted by Gasteiger charge is 2.24. The summed E-state index contributed by atoms with van der Waals surface area (Å²) in [6, 6.07) is 4.31. The summed E-state index contributed by atoms with van der Waals surface area (Å²) in [7, 11) is 0. The second kappa shape index (κ2) is 5.96. The molecule has 2 nitrogen and oxygen atoms in total. The Morgan fingerprint density at radius 3 is 2.94 bits per heavy atom. The van der Waals surface area contributed by atoms with Crippen LogP contribution >= 0.6 is 43.2 Å². The summed E-state index contributed by atoms with van der Waals surface area (Å²) in [5, 5.41) is 0.919. The Bertz CT molecular complexity index is 344. The van der Waals surface area contributed by atoms with Crippen molar-refractivity contribution in [3.8, 4) is 0 Å². The number of hydrogen-bond donors (Lipinski definition) is 0. The van der Waals surface area contributed by atoms with Gasteiger partial charge in [-0.1, -0.05) is 15.9 Å². The lowest BCUT2D eigenvalue weighted by atomic mass is 10.2. The van der Waals surface area contributed by atoms with Gasteiger partial charge >= 0.3 is 0 Å². The molecule has 0 aliphatic carbocycles. The molecule has 90 valence electrons. The monoisotopic (exact) mass is 367 g/mol. The van der Waals surface area contributed by atoms with E-state index in [2.05, 4.69) is 55.8 Å². The van der Waals surface area contributed by atoms with Gasteiger partial charge in [0.25, 0.3) is 0 Å². The lowest BCUT2D eigenvalue weighted by Gasteiger charge is -2.35. The number of ether oxygens (including phenoxy) is 1. The molecule has 1 aliphatic heterocycles. The van der Waals surface area contributed by atoms with E-state index < -0.39 is 0 Å². The van der Waals surface area contributed by atoms with Gasteiger partial charge in [0, 0.05) is 29.8 Å². The van der Waals surface area contributed by atoms with Gasteiger partial charge in [-0.25, -0.2) is 0 Å². The van der Waals surface area contributed by atoms with Crippen molar-refractivity contribution in [1.82, 2.24) is 4.90 Å². The molecule has 0 spiro atoms. The van der Waals surface area contributed by atoms with E-state index in [0.717, 1.165) is 25.0 Å². The van der Waals surface area contributed by atoms with E-state index in [0.29, 0.717) is 12.2 Å². The lowest BCUT2D eigenvalue weighted by Crippen LogP contribution is -2.46. The maximum atomic E-state index is 5.81. The van der Waals surface area contributed by atoms with E-state index in [9.17, 15) is 0 Å². The van der Waals surface area contributed by atoms with Crippen LogP contribution in [0.2, 0.25) is 0 Å². The molecular formula is C11H15Br2NOS. The third kappa shape index (κ3) is 3.53. The van der Waals surface area contributed by atoms with E-state index in [-0.39, 0.29) is 0 Å². The zero-order chi connectivity index (χ0) is 11.5. The number of thiophene rings is 1. The van der Waals surface area contributed by atoms with Gasteiger partial charge in [-0.15, -0.1) is 11.3 Å². The molecule has 2 atom stereocenters. The molecule has 1 saturated heterocycles. The third-order valence-electron chi connectivity index (χ3n) is 2.58. The molecule has 2 rings (SSSR count). The summed E-state index contributed by atoms with van der Waals surface area (Å²) in [5.41, 5.74) is 0. The number of alkyl halides is 1. The van der Waals surface area contributed by atoms with Crippen molar-refractivity contribution in [3.05, 3.63) is 20.8 Å². The minimum absolute atomic E-state index is 0.326. The van der Waals surface area contributed by atoms with Crippen LogP contribution in [0.4, 0.5) is 0 Å². The van der Waals surface area contributed by atoms with E-state index in [1.807, 2.05) is 11.3 Å². The molecule has 1 aromatic rings. The second-order valence-electron chi connectivity index (χ2n) is 4.12. The van der Waals surface area contributed by atoms with Crippen molar-refractivity contribution >= 4 is 43.2 Å². The average molecular weight is 369 g/mol. The number of rotatable bonds is 3. The summed E-state index contributed by atoms with van der Waals surface area (Å²) in [5.74, 6) is 0. The fraction of sp³-hybridized carbons (Fsp3) is 0.636. The first kappa shape index (κ1) is 13.0. The van der Waals surface area contributed by atoms with Crippen molar-refractivity contribution in [2.45, 2.75) is 25.7 Å². The largest absolute Gasteiger partial charge is 0.372 e. The van der Waals surface area contributed by atoms with Gasteiger partial charge in [0.15, 0.2) is 0 Å². The molecule has 5 heteroatoms. The predicted molar refractivity (Wildman–Crippen MR) is 75.4 cm³/mol. The maximum absolute atomic E-state index is 5.81. The van der Waals surface area contributed by atoms with E-state index in [1.54, 1.807) is 0 Å². The zero-order valence-electron chi connectivity index (χ0n) is 9.16. The van der Waals surface area contributed by atoms with Crippen LogP contribution in [0.5, 0.6) is 0 Å². The Hall–Kier alpha value is 0.580. The van der Waals surface area contributed by atoms with Gasteiger partial charge in [-0.05, 0) is 35.0 Å². The number of morpholine rings is 1. The standard InChI is InChI=1S/C11H15Br2NOS/c1-8-5-14(6-9(4-12)15-8)7-10-2-3-11(13)16-10/h2-3,8-9H,4-7H2,1H3. The van der Waals surface area contributed by atoms with Crippen LogP contribution in [0, 0.1) is 0 Å². The molecule has 0 saturated carbocycles. The zero-order valence-corrected chi connectivity index (χ0v) is 13.1. The first-order valence-electron chi connectivity index (χ1n) is 5.35. The fourth-order valence-corrected chi connectivity index (χ4v) is 3.90. The molecule has 2 unspecified atom stereocenters. The molecule has 0 radical (unpaired) electrons. The Kier molecular flexibility index (Phi) is 4.85. The van der Waals surface area contributed by atoms with Crippen LogP contribution in [0.3, 0.4) is 0 Å². The Morgan fingerprint density at radius 2 is 2.31 bits per heavy atom. The number of nitrogens with zero attached hydrogens (tertiary/aromatic N) is 1. The van der Waals surface area contributed by atoms with Crippen LogP contribution in [-0.4, -0.2) is 35.5 Å². The molecule has 0 N–H and O–H groups in total. The van der Waals surface area contributed by atoms with Gasteiger partial charge in [0.1, 0.15) is 0 Å². The van der Waals surface area contributed by atoms with Gasteiger partial charge in [0.05, 0.1) is 16.0 Å². The van der Waals surface area contributed by atoms with E-state index in [1.165, 1.54) is 8.66 Å². The molecule has 0 bridgehead atoms. The summed E-state index contributed by atoms with van der Waals surface area (Å²) < 4.78 is 7.02. The van der Waals surface area contributed by atoms with Crippen LogP contribution in [0.15, 0.2) is 15.9 Å². The van der Waals surface area contributed by atoms with Gasteiger partial charge in [-0.2, -0.15) is 0 Å². The predicted octanol–water partition coefficient (Wildman–Crippen LogP) is 3.49. The molecule has 0 amide bonds. The van der Waals surface area contributed by atoms with Crippen molar-refractivity contribution in [3.63, 3.8) is 0 Å². The van der Waals surface area contributed by atoms with Crippen LogP contribution in [-0.2, 0) is 11.3 Å². The van der Waals surface area contributed by atoms with Crippen LogP contribution in [0.25, 0.3) is 0 Å². The van der Waals surface area contributed by atoms with Gasteiger partial charge in [0.2, 0.25) is 0 Å². The summed E-state index contributed by atoms with van der Waals surface area (Å²) in [4.78, 5) is 3.88. The Balaban J connectivity index is 1.93. The van der Waals surface area contributed by atoms with Crippen LogP contribution in [0.1, 0.15) is 11.8 Å². The smallest absolute Gasteiger partial charge is 0.0802 e. The Labute approximate surface area is 117 Å². The van der Waals surface area contributed by atoms with Crippen molar-refractivity contribution in [2.24, 2.45) is 0 Å². The molecule has 1 fully saturated rings. The number of hydrogen-bond acceptors (Lipinski definition) is 3. The minimum Gasteiger partial charge on any atom is -0.372 e. The van der Waals surface area contributed by atoms with Crippen molar-refractivity contribution in [1.29, 1.82) is 0 Å². The quantitative estimate of drug-likeness (QED) is 0.757. The SMILES string of the molecule is CC1CN(Cc2ccc(Br)s2)CC(CBr)O1. The average Bonchev–Trinajstić information content (AvgIpc) is 2.63. The molecule has 16 heavy (non-hydrogen) atoms. The normalized spacial score (nSPS) is 27.2. The van der Waals surface area contributed by atoms with Gasteiger partial charge < -0.3 is 4.74 Å². The maximum Gasteiger partial charge on any atom is 0.0802 e. The summed E-state index contributed by atoms with van der Waals surface area (Å²) >= 11 is 8.81. The number of halogens is 2. The van der Waals surface area contributed by atoms with Crippen molar-refractivity contribution < 1.29 is 4.74 Å². The first-order chi connectivity index (χ1) is 7.67. The molecule has 0 aromatic carbocycles. The lowest BCUT2D eigenvalue weighted by molar-refractivity contribution is -0.0675. The summed E-state index contributed by atoms with van der Waals surface area (Å²) in [6.45, 7) is 5.23.